The minimum absolute atomic E-state index is 0.292. The number of carbonyl (C=O) groups excluding carboxylic acids is 1. The van der Waals surface area contributed by atoms with Gasteiger partial charge in [-0.3, -0.25) is 0 Å². The van der Waals surface area contributed by atoms with E-state index in [0.717, 1.165) is 25.9 Å². The molecule has 0 aliphatic carbocycles. The molecule has 0 unspecified atom stereocenters. The lowest BCUT2D eigenvalue weighted by Crippen LogP contribution is -2.40. The Labute approximate surface area is 169 Å². The van der Waals surface area contributed by atoms with Crippen molar-refractivity contribution in [2.45, 2.75) is 12.8 Å². The Balaban J connectivity index is 1.50. The number of nitrogens with zero attached hydrogens (tertiary/aromatic N) is 4. The van der Waals surface area contributed by atoms with Crippen LogP contribution in [0.5, 0.6) is 11.5 Å². The fourth-order valence-corrected chi connectivity index (χ4v) is 3.38. The molecule has 0 spiro atoms. The van der Waals surface area contributed by atoms with E-state index in [1.807, 2.05) is 0 Å². The highest BCUT2D eigenvalue weighted by molar-refractivity contribution is 5.91. The minimum Gasteiger partial charge on any atom is -0.493 e. The normalized spacial score (nSPS) is 14.0. The van der Waals surface area contributed by atoms with Crippen molar-refractivity contribution in [3.63, 3.8) is 0 Å². The predicted molar refractivity (Wildman–Crippen MR) is 108 cm³/mol. The van der Waals surface area contributed by atoms with Crippen LogP contribution in [-0.2, 0) is 0 Å². The van der Waals surface area contributed by atoms with Gasteiger partial charge in [-0.05, 0) is 30.9 Å². The first-order valence-electron chi connectivity index (χ1n) is 9.38. The molecule has 2 heterocycles. The molecule has 1 aromatic heterocycles. The van der Waals surface area contributed by atoms with Crippen molar-refractivity contribution in [1.29, 1.82) is 5.26 Å². The Hall–Kier alpha value is -3.54. The number of hydrogen-bond acceptors (Lipinski definition) is 7. The molecule has 152 valence electrons. The van der Waals surface area contributed by atoms with Crippen molar-refractivity contribution < 1.29 is 14.3 Å². The summed E-state index contributed by atoms with van der Waals surface area (Å²) in [5.74, 6) is 2.02. The Morgan fingerprint density at radius 1 is 1.24 bits per heavy atom. The van der Waals surface area contributed by atoms with Gasteiger partial charge in [-0.1, -0.05) is 6.07 Å². The van der Waals surface area contributed by atoms with Crippen molar-refractivity contribution >= 4 is 17.5 Å². The van der Waals surface area contributed by atoms with Crippen LogP contribution in [0.3, 0.4) is 0 Å². The number of amides is 2. The van der Waals surface area contributed by atoms with Crippen LogP contribution in [-0.4, -0.2) is 49.9 Å². The third-order valence-electron chi connectivity index (χ3n) is 4.90. The second-order valence-corrected chi connectivity index (χ2v) is 6.65. The Bertz CT molecular complexity index is 890. The van der Waals surface area contributed by atoms with Gasteiger partial charge in [-0.25, -0.2) is 14.8 Å². The molecule has 0 atom stereocenters. The van der Waals surface area contributed by atoms with Gasteiger partial charge >= 0.3 is 6.03 Å². The Morgan fingerprint density at radius 2 is 2.00 bits per heavy atom. The SMILES string of the molecule is COc1cccc(NC(=O)NCC2CCN(c3nccnc3C#N)CC2)c1OC. The Kier molecular flexibility index (Phi) is 6.68. The van der Waals surface area contributed by atoms with Crippen molar-refractivity contribution in [2.24, 2.45) is 5.92 Å². The number of ether oxygens (including phenoxy) is 2. The predicted octanol–water partition coefficient (Wildman–Crippen LogP) is 2.40. The second-order valence-electron chi connectivity index (χ2n) is 6.65. The van der Waals surface area contributed by atoms with E-state index in [1.54, 1.807) is 31.5 Å². The lowest BCUT2D eigenvalue weighted by molar-refractivity contribution is 0.248. The summed E-state index contributed by atoms with van der Waals surface area (Å²) in [6.07, 6.45) is 4.91. The first-order chi connectivity index (χ1) is 14.2. The molecule has 1 aromatic carbocycles. The van der Waals surface area contributed by atoms with Gasteiger partial charge in [0.05, 0.1) is 19.9 Å². The van der Waals surface area contributed by atoms with E-state index < -0.39 is 0 Å². The zero-order valence-corrected chi connectivity index (χ0v) is 16.5. The van der Waals surface area contributed by atoms with Crippen molar-refractivity contribution in [1.82, 2.24) is 15.3 Å². The van der Waals surface area contributed by atoms with Gasteiger partial charge in [-0.15, -0.1) is 0 Å². The number of piperidine rings is 1. The van der Waals surface area contributed by atoms with Gasteiger partial charge in [0, 0.05) is 32.0 Å². The van der Waals surface area contributed by atoms with E-state index in [-0.39, 0.29) is 6.03 Å². The summed E-state index contributed by atoms with van der Waals surface area (Å²) in [4.78, 5) is 22.7. The highest BCUT2D eigenvalue weighted by atomic mass is 16.5. The number of anilines is 2. The highest BCUT2D eigenvalue weighted by Crippen LogP contribution is 2.34. The molecular formula is C20H24N6O3. The number of urea groups is 1. The zero-order valence-electron chi connectivity index (χ0n) is 16.5. The molecule has 3 rings (SSSR count). The molecule has 0 saturated carbocycles. The smallest absolute Gasteiger partial charge is 0.319 e. The maximum absolute atomic E-state index is 12.3. The molecule has 2 N–H and O–H groups in total. The summed E-state index contributed by atoms with van der Waals surface area (Å²) in [6.45, 7) is 2.10. The molecule has 9 heteroatoms. The Morgan fingerprint density at radius 3 is 2.69 bits per heavy atom. The van der Waals surface area contributed by atoms with Gasteiger partial charge in [0.2, 0.25) is 0 Å². The minimum atomic E-state index is -0.292. The van der Waals surface area contributed by atoms with Crippen LogP contribution >= 0.6 is 0 Å². The number of benzene rings is 1. The molecule has 2 aromatic rings. The van der Waals surface area contributed by atoms with Crippen LogP contribution in [0.15, 0.2) is 30.6 Å². The maximum atomic E-state index is 12.3. The van der Waals surface area contributed by atoms with Crippen LogP contribution < -0.4 is 25.0 Å². The van der Waals surface area contributed by atoms with Crippen molar-refractivity contribution in [3.8, 4) is 17.6 Å². The number of aromatic nitrogens is 2. The summed E-state index contributed by atoms with van der Waals surface area (Å²) in [7, 11) is 3.08. The summed E-state index contributed by atoms with van der Waals surface area (Å²) in [6, 6.07) is 7.10. The third kappa shape index (κ3) is 4.85. The average Bonchev–Trinajstić information content (AvgIpc) is 2.77. The number of nitriles is 1. The van der Waals surface area contributed by atoms with E-state index in [9.17, 15) is 10.1 Å². The van der Waals surface area contributed by atoms with Crippen LogP contribution in [0.4, 0.5) is 16.3 Å². The molecule has 1 fully saturated rings. The average molecular weight is 396 g/mol. The van der Waals surface area contributed by atoms with E-state index >= 15 is 0 Å². The van der Waals surface area contributed by atoms with Crippen LogP contribution in [0.1, 0.15) is 18.5 Å². The number of hydrogen-bond donors (Lipinski definition) is 2. The lowest BCUT2D eigenvalue weighted by atomic mass is 9.97. The number of para-hydroxylation sites is 1. The first-order valence-corrected chi connectivity index (χ1v) is 9.38. The molecule has 0 radical (unpaired) electrons. The number of nitrogens with one attached hydrogen (secondary N) is 2. The van der Waals surface area contributed by atoms with Crippen LogP contribution in [0.2, 0.25) is 0 Å². The van der Waals surface area contributed by atoms with Crippen molar-refractivity contribution in [3.05, 3.63) is 36.3 Å². The molecule has 1 aliphatic rings. The maximum Gasteiger partial charge on any atom is 0.319 e. The fourth-order valence-electron chi connectivity index (χ4n) is 3.38. The number of methoxy groups -OCH3 is 2. The standard InChI is InChI=1S/C20H24N6O3/c1-28-17-5-3-4-15(18(17)29-2)25-20(27)24-13-14-6-10-26(11-7-14)19-16(12-21)22-8-9-23-19/h3-5,8-9,14H,6-7,10-11,13H2,1-2H3,(H2,24,25,27). The molecule has 9 nitrogen and oxygen atoms in total. The fraction of sp³-hybridized carbons (Fsp3) is 0.400. The molecule has 2 amide bonds. The van der Waals surface area contributed by atoms with Gasteiger partial charge in [0.15, 0.2) is 23.0 Å². The highest BCUT2D eigenvalue weighted by Gasteiger charge is 2.23. The third-order valence-corrected chi connectivity index (χ3v) is 4.90. The monoisotopic (exact) mass is 396 g/mol. The summed E-state index contributed by atoms with van der Waals surface area (Å²) in [5.41, 5.74) is 0.890. The molecule has 1 saturated heterocycles. The van der Waals surface area contributed by atoms with Gasteiger partial charge in [-0.2, -0.15) is 5.26 Å². The topological polar surface area (TPSA) is 112 Å². The second kappa shape index (κ2) is 9.59. The number of rotatable bonds is 6. The van der Waals surface area contributed by atoms with E-state index in [4.69, 9.17) is 9.47 Å². The summed E-state index contributed by atoms with van der Waals surface area (Å²) < 4.78 is 10.6. The lowest BCUT2D eigenvalue weighted by Gasteiger charge is -2.32. The zero-order chi connectivity index (χ0) is 20.6. The molecule has 0 bridgehead atoms. The van der Waals surface area contributed by atoms with E-state index in [1.165, 1.54) is 13.3 Å². The van der Waals surface area contributed by atoms with Crippen LogP contribution in [0.25, 0.3) is 0 Å². The summed E-state index contributed by atoms with van der Waals surface area (Å²) in [5, 5.41) is 14.9. The summed E-state index contributed by atoms with van der Waals surface area (Å²) >= 11 is 0. The van der Waals surface area contributed by atoms with Gasteiger partial charge in [0.1, 0.15) is 6.07 Å². The molecule has 1 aliphatic heterocycles. The van der Waals surface area contributed by atoms with Gasteiger partial charge in [0.25, 0.3) is 0 Å². The van der Waals surface area contributed by atoms with Crippen LogP contribution in [0, 0.1) is 17.2 Å². The van der Waals surface area contributed by atoms with Crippen molar-refractivity contribution in [2.75, 3.05) is 44.1 Å². The van der Waals surface area contributed by atoms with E-state index in [2.05, 4.69) is 31.6 Å². The molecule has 29 heavy (non-hydrogen) atoms. The largest absolute Gasteiger partial charge is 0.493 e. The molecular weight excluding hydrogens is 372 g/mol. The quantitative estimate of drug-likeness (QED) is 0.771. The van der Waals surface area contributed by atoms with Gasteiger partial charge < -0.3 is 25.0 Å². The first kappa shape index (κ1) is 20.2. The number of carbonyl (C=O) groups is 1. The van der Waals surface area contributed by atoms with E-state index in [0.29, 0.717) is 41.2 Å².